The molecule has 4 nitrogen and oxygen atoms in total. The van der Waals surface area contributed by atoms with Gasteiger partial charge in [-0.2, -0.15) is 5.10 Å². The molecule has 1 aliphatic carbocycles. The number of aromatic amines is 1. The van der Waals surface area contributed by atoms with Crippen LogP contribution in [0.5, 0.6) is 0 Å². The molecule has 64 valence electrons. The minimum Gasteiger partial charge on any atom is -0.265 e. The van der Waals surface area contributed by atoms with Gasteiger partial charge in [0.2, 0.25) is 0 Å². The molecule has 0 saturated heterocycles. The quantitative estimate of drug-likeness (QED) is 0.642. The first-order valence-corrected chi connectivity index (χ1v) is 3.89. The highest BCUT2D eigenvalue weighted by Gasteiger charge is 2.12. The van der Waals surface area contributed by atoms with E-state index in [-0.39, 0.29) is 0 Å². The fourth-order valence-electron chi connectivity index (χ4n) is 1.21. The summed E-state index contributed by atoms with van der Waals surface area (Å²) in [6.07, 6.45) is 7.68. The molecule has 13 heavy (non-hydrogen) atoms. The largest absolute Gasteiger partial charge is 0.265 e. The third-order valence-electron chi connectivity index (χ3n) is 1.83. The van der Waals surface area contributed by atoms with E-state index in [4.69, 9.17) is 0 Å². The lowest BCUT2D eigenvalue weighted by Gasteiger charge is -2.05. The van der Waals surface area contributed by atoms with Crippen molar-refractivity contribution in [1.82, 2.24) is 15.2 Å². The molecule has 0 aliphatic heterocycles. The Labute approximate surface area is 74.7 Å². The molecule has 0 amide bonds. The smallest absolute Gasteiger partial charge is 0.181 e. The summed E-state index contributed by atoms with van der Waals surface area (Å²) in [7, 11) is 0. The fourth-order valence-corrected chi connectivity index (χ4v) is 1.21. The second kappa shape index (κ2) is 3.21. The molecule has 1 aromatic rings. The van der Waals surface area contributed by atoms with Crippen LogP contribution in [0.25, 0.3) is 5.57 Å². The predicted octanol–water partition coefficient (Wildman–Crippen LogP) is 0.906. The average molecular weight is 173 g/mol. The molecule has 0 bridgehead atoms. The number of aromatic nitrogens is 3. The van der Waals surface area contributed by atoms with E-state index in [0.29, 0.717) is 17.8 Å². The van der Waals surface area contributed by atoms with Gasteiger partial charge in [0.1, 0.15) is 12.3 Å². The number of H-pyrrole nitrogens is 1. The van der Waals surface area contributed by atoms with Crippen molar-refractivity contribution >= 4 is 11.5 Å². The Bertz CT molecular complexity index is 408. The van der Waals surface area contributed by atoms with Gasteiger partial charge in [0.15, 0.2) is 5.82 Å². The molecule has 4 heteroatoms. The van der Waals surface area contributed by atoms with E-state index in [1.807, 2.05) is 24.2 Å². The first kappa shape index (κ1) is 7.71. The third-order valence-corrected chi connectivity index (χ3v) is 1.83. The number of allylic oxidation sites excluding steroid dienone is 5. The van der Waals surface area contributed by atoms with E-state index in [0.717, 1.165) is 5.57 Å². The number of hydrogen-bond acceptors (Lipinski definition) is 3. The lowest BCUT2D eigenvalue weighted by atomic mass is 9.99. The highest BCUT2D eigenvalue weighted by atomic mass is 16.1. The predicted molar refractivity (Wildman–Crippen MR) is 47.3 cm³/mol. The number of rotatable bonds is 1. The van der Waals surface area contributed by atoms with Crippen LogP contribution in [0.3, 0.4) is 0 Å². The summed E-state index contributed by atoms with van der Waals surface area (Å²) < 4.78 is 0. The van der Waals surface area contributed by atoms with Crippen molar-refractivity contribution in [2.75, 3.05) is 0 Å². The molecule has 1 heterocycles. The zero-order valence-electron chi connectivity index (χ0n) is 6.82. The van der Waals surface area contributed by atoms with Crippen LogP contribution in [-0.2, 0) is 4.79 Å². The van der Waals surface area contributed by atoms with Gasteiger partial charge in [0, 0.05) is 12.0 Å². The van der Waals surface area contributed by atoms with Gasteiger partial charge >= 0.3 is 0 Å². The molecule has 1 aliphatic rings. The molecule has 1 N–H and O–H groups in total. The van der Waals surface area contributed by atoms with Crippen molar-refractivity contribution in [2.24, 2.45) is 0 Å². The van der Waals surface area contributed by atoms with E-state index in [1.54, 1.807) is 0 Å². The van der Waals surface area contributed by atoms with Crippen LogP contribution >= 0.6 is 0 Å². The summed E-state index contributed by atoms with van der Waals surface area (Å²) in [5.74, 6) is 2.44. The Balaban J connectivity index is 2.47. The van der Waals surface area contributed by atoms with Crippen molar-refractivity contribution in [3.63, 3.8) is 0 Å². The molecule has 0 unspecified atom stereocenters. The maximum atomic E-state index is 10.6. The number of nitrogens with one attached hydrogen (secondary N) is 1. The molecule has 2 rings (SSSR count). The second-order valence-corrected chi connectivity index (χ2v) is 2.62. The standard InChI is InChI=1S/C9H7N3O/c13-5-7-3-1-2-4-8(7)9-10-6-11-12-9/h1-2,4,6H,3H2,(H,10,11,12). The van der Waals surface area contributed by atoms with Gasteiger partial charge in [-0.3, -0.25) is 5.10 Å². The van der Waals surface area contributed by atoms with Gasteiger partial charge in [-0.1, -0.05) is 18.2 Å². The Morgan fingerprint density at radius 3 is 3.15 bits per heavy atom. The SMILES string of the molecule is O=C=C1CC=CC=C1c1nc[nH]n1. The minimum absolute atomic E-state index is 0.544. The van der Waals surface area contributed by atoms with Crippen LogP contribution < -0.4 is 0 Å². The van der Waals surface area contributed by atoms with Crippen LogP contribution in [0.15, 0.2) is 30.1 Å². The first-order valence-electron chi connectivity index (χ1n) is 3.89. The van der Waals surface area contributed by atoms with Gasteiger partial charge in [-0.25, -0.2) is 9.78 Å². The van der Waals surface area contributed by atoms with Crippen LogP contribution in [0.1, 0.15) is 12.2 Å². The summed E-state index contributed by atoms with van der Waals surface area (Å²) in [5, 5.41) is 6.50. The molecule has 0 atom stereocenters. The Hall–Kier alpha value is -1.93. The van der Waals surface area contributed by atoms with Crippen molar-refractivity contribution < 1.29 is 4.79 Å². The van der Waals surface area contributed by atoms with E-state index in [2.05, 4.69) is 15.2 Å². The van der Waals surface area contributed by atoms with Crippen molar-refractivity contribution in [3.8, 4) is 0 Å². The highest BCUT2D eigenvalue weighted by molar-refractivity contribution is 5.86. The van der Waals surface area contributed by atoms with Crippen LogP contribution in [-0.4, -0.2) is 21.1 Å². The van der Waals surface area contributed by atoms with Gasteiger partial charge in [-0.15, -0.1) is 0 Å². The highest BCUT2D eigenvalue weighted by Crippen LogP contribution is 2.23. The topological polar surface area (TPSA) is 58.6 Å². The minimum atomic E-state index is 0.544. The molecular weight excluding hydrogens is 166 g/mol. The normalized spacial score (nSPS) is 15.4. The maximum absolute atomic E-state index is 10.6. The van der Waals surface area contributed by atoms with Crippen molar-refractivity contribution in [2.45, 2.75) is 6.42 Å². The zero-order chi connectivity index (χ0) is 9.10. The van der Waals surface area contributed by atoms with Gasteiger partial charge < -0.3 is 0 Å². The first-order chi connectivity index (χ1) is 6.42. The summed E-state index contributed by atoms with van der Waals surface area (Å²) in [5.41, 5.74) is 1.35. The lowest BCUT2D eigenvalue weighted by molar-refractivity contribution is 0.567. The summed E-state index contributed by atoms with van der Waals surface area (Å²) in [4.78, 5) is 14.5. The van der Waals surface area contributed by atoms with E-state index in [1.165, 1.54) is 6.33 Å². The monoisotopic (exact) mass is 173 g/mol. The van der Waals surface area contributed by atoms with Crippen molar-refractivity contribution in [3.05, 3.63) is 36.0 Å². The Morgan fingerprint density at radius 1 is 1.54 bits per heavy atom. The van der Waals surface area contributed by atoms with Gasteiger partial charge in [-0.05, 0) is 0 Å². The third kappa shape index (κ3) is 1.35. The average Bonchev–Trinajstić information content (AvgIpc) is 2.70. The second-order valence-electron chi connectivity index (χ2n) is 2.62. The Morgan fingerprint density at radius 2 is 2.46 bits per heavy atom. The van der Waals surface area contributed by atoms with Crippen molar-refractivity contribution in [1.29, 1.82) is 0 Å². The van der Waals surface area contributed by atoms with Crippen LogP contribution in [0, 0.1) is 0 Å². The van der Waals surface area contributed by atoms with Crippen LogP contribution in [0.2, 0.25) is 0 Å². The van der Waals surface area contributed by atoms with E-state index in [9.17, 15) is 4.79 Å². The molecular formula is C9H7N3O. The van der Waals surface area contributed by atoms with E-state index >= 15 is 0 Å². The van der Waals surface area contributed by atoms with Gasteiger partial charge in [0.25, 0.3) is 0 Å². The molecule has 0 spiro atoms. The molecule has 0 fully saturated rings. The number of nitrogens with zero attached hydrogens (tertiary/aromatic N) is 2. The molecule has 0 saturated carbocycles. The molecule has 1 aromatic heterocycles. The maximum Gasteiger partial charge on any atom is 0.181 e. The summed E-state index contributed by atoms with van der Waals surface area (Å²) in [6.45, 7) is 0. The lowest BCUT2D eigenvalue weighted by Crippen LogP contribution is -1.95. The van der Waals surface area contributed by atoms with E-state index < -0.39 is 0 Å². The Kier molecular flexibility index (Phi) is 1.90. The zero-order valence-corrected chi connectivity index (χ0v) is 6.82. The fraction of sp³-hybridized carbons (Fsp3) is 0.111. The summed E-state index contributed by atoms with van der Waals surface area (Å²) in [6, 6.07) is 0. The summed E-state index contributed by atoms with van der Waals surface area (Å²) >= 11 is 0. The molecule has 0 radical (unpaired) electrons. The van der Waals surface area contributed by atoms with Crippen LogP contribution in [0.4, 0.5) is 0 Å². The molecule has 0 aromatic carbocycles. The number of carbonyl (C=O) groups excluding carboxylic acids is 1. The number of hydrogen-bond donors (Lipinski definition) is 1. The van der Waals surface area contributed by atoms with Gasteiger partial charge in [0.05, 0.1) is 5.57 Å².